The topological polar surface area (TPSA) is 34.4 Å². The summed E-state index contributed by atoms with van der Waals surface area (Å²) < 4.78 is 3.31. The Morgan fingerprint density at radius 2 is 1.45 bits per heavy atom. The lowest BCUT2D eigenvalue weighted by molar-refractivity contribution is -0.118. The fraction of sp³-hybridized carbons (Fsp3) is 0.111. The summed E-state index contributed by atoms with van der Waals surface area (Å²) in [7, 11) is 0. The lowest BCUT2D eigenvalue weighted by Gasteiger charge is -2.14. The second kappa shape index (κ2) is 8.32. The first-order chi connectivity index (χ1) is 15.3. The van der Waals surface area contributed by atoms with E-state index >= 15 is 0 Å². The zero-order valence-corrected chi connectivity index (χ0v) is 18.0. The van der Waals surface area contributed by atoms with Gasteiger partial charge in [-0.2, -0.15) is 4.99 Å². The van der Waals surface area contributed by atoms with Crippen LogP contribution in [-0.4, -0.2) is 10.5 Å². The van der Waals surface area contributed by atoms with E-state index in [0.29, 0.717) is 0 Å². The highest BCUT2D eigenvalue weighted by Crippen LogP contribution is 2.29. The lowest BCUT2D eigenvalue weighted by atomic mass is 9.91. The Balaban J connectivity index is 1.69. The van der Waals surface area contributed by atoms with Crippen LogP contribution in [0.25, 0.3) is 21.0 Å². The van der Waals surface area contributed by atoms with E-state index < -0.39 is 5.92 Å². The van der Waals surface area contributed by atoms with E-state index in [1.165, 1.54) is 15.5 Å². The van der Waals surface area contributed by atoms with Crippen LogP contribution < -0.4 is 4.80 Å². The highest BCUT2D eigenvalue weighted by Gasteiger charge is 2.22. The number of fused-ring (bicyclic) bond motifs is 3. The minimum absolute atomic E-state index is 0.143. The Hall–Kier alpha value is -3.50. The Morgan fingerprint density at radius 3 is 2.10 bits per heavy atom. The van der Waals surface area contributed by atoms with Crippen LogP contribution in [0.15, 0.2) is 102 Å². The number of benzene rings is 4. The highest BCUT2D eigenvalue weighted by molar-refractivity contribution is 7.17. The van der Waals surface area contributed by atoms with E-state index in [2.05, 4.69) is 52.9 Å². The van der Waals surface area contributed by atoms with Gasteiger partial charge in [0.1, 0.15) is 0 Å². The van der Waals surface area contributed by atoms with Crippen LogP contribution in [0.1, 0.15) is 24.0 Å². The molecule has 0 aliphatic carbocycles. The van der Waals surface area contributed by atoms with Crippen molar-refractivity contribution >= 4 is 38.2 Å². The van der Waals surface area contributed by atoms with Gasteiger partial charge in [-0.3, -0.25) is 4.79 Å². The fourth-order valence-electron chi connectivity index (χ4n) is 4.12. The number of aromatic nitrogens is 1. The smallest absolute Gasteiger partial charge is 0.260 e. The molecule has 3 nitrogen and oxygen atoms in total. The van der Waals surface area contributed by atoms with E-state index in [1.54, 1.807) is 11.3 Å². The van der Waals surface area contributed by atoms with Crippen molar-refractivity contribution in [1.29, 1.82) is 0 Å². The predicted molar refractivity (Wildman–Crippen MR) is 128 cm³/mol. The van der Waals surface area contributed by atoms with E-state index in [9.17, 15) is 4.79 Å². The largest absolute Gasteiger partial charge is 0.317 e. The first-order valence-electron chi connectivity index (χ1n) is 10.5. The molecule has 1 heterocycles. The first kappa shape index (κ1) is 19.5. The molecule has 1 amide bonds. The summed E-state index contributed by atoms with van der Waals surface area (Å²) in [4.78, 5) is 19.0. The molecule has 152 valence electrons. The summed E-state index contributed by atoms with van der Waals surface area (Å²) in [5, 5.41) is 2.40. The summed E-state index contributed by atoms with van der Waals surface area (Å²) in [5.41, 5.74) is 3.03. The minimum atomic E-state index is -0.422. The van der Waals surface area contributed by atoms with Crippen molar-refractivity contribution in [2.75, 3.05) is 0 Å². The molecule has 31 heavy (non-hydrogen) atoms. The third-order valence-corrected chi connectivity index (χ3v) is 6.74. The highest BCUT2D eigenvalue weighted by atomic mass is 32.1. The molecule has 0 N–H and O–H groups in total. The van der Waals surface area contributed by atoms with Crippen LogP contribution >= 0.6 is 11.3 Å². The number of thiazole rings is 1. The second-order valence-electron chi connectivity index (χ2n) is 7.47. The van der Waals surface area contributed by atoms with Gasteiger partial charge >= 0.3 is 0 Å². The summed E-state index contributed by atoms with van der Waals surface area (Å²) >= 11 is 1.59. The number of amides is 1. The van der Waals surface area contributed by atoms with Crippen molar-refractivity contribution < 1.29 is 4.79 Å². The summed E-state index contributed by atoms with van der Waals surface area (Å²) in [6.07, 6.45) is 0. The van der Waals surface area contributed by atoms with Gasteiger partial charge in [-0.1, -0.05) is 102 Å². The summed E-state index contributed by atoms with van der Waals surface area (Å²) in [5.74, 6) is -0.565. The van der Waals surface area contributed by atoms with Crippen molar-refractivity contribution in [3.63, 3.8) is 0 Å². The predicted octanol–water partition coefficient (Wildman–Crippen LogP) is 6.14. The Morgan fingerprint density at radius 1 is 0.839 bits per heavy atom. The molecule has 1 aromatic heterocycles. The van der Waals surface area contributed by atoms with Gasteiger partial charge in [0.15, 0.2) is 4.80 Å². The number of carbonyl (C=O) groups excluding carboxylic acids is 1. The van der Waals surface area contributed by atoms with Gasteiger partial charge in [0.25, 0.3) is 5.91 Å². The molecular weight excluding hydrogens is 400 g/mol. The molecule has 0 saturated heterocycles. The third-order valence-electron chi connectivity index (χ3n) is 5.61. The SMILES string of the molecule is CCn1c(=NC(=O)C(c2ccccc2)c2ccccc2)sc2c3ccccc3ccc21. The van der Waals surface area contributed by atoms with Gasteiger partial charge in [0.05, 0.1) is 16.1 Å². The molecular formula is C27H22N2OS. The molecule has 0 spiro atoms. The summed E-state index contributed by atoms with van der Waals surface area (Å²) in [6, 6.07) is 32.4. The van der Waals surface area contributed by atoms with E-state index in [0.717, 1.165) is 28.0 Å². The number of hydrogen-bond donors (Lipinski definition) is 0. The van der Waals surface area contributed by atoms with Gasteiger partial charge in [-0.05, 0) is 29.5 Å². The molecule has 0 unspecified atom stereocenters. The summed E-state index contributed by atoms with van der Waals surface area (Å²) in [6.45, 7) is 2.85. The van der Waals surface area contributed by atoms with Crippen molar-refractivity contribution in [2.24, 2.45) is 4.99 Å². The molecule has 4 aromatic carbocycles. The maximum atomic E-state index is 13.5. The van der Waals surface area contributed by atoms with Gasteiger partial charge in [-0.25, -0.2) is 0 Å². The van der Waals surface area contributed by atoms with Crippen LogP contribution in [0.2, 0.25) is 0 Å². The normalized spacial score (nSPS) is 12.1. The zero-order chi connectivity index (χ0) is 21.2. The average molecular weight is 423 g/mol. The molecule has 0 bridgehead atoms. The number of rotatable bonds is 4. The monoisotopic (exact) mass is 422 g/mol. The van der Waals surface area contributed by atoms with Gasteiger partial charge in [0.2, 0.25) is 0 Å². The quantitative estimate of drug-likeness (QED) is 0.343. The van der Waals surface area contributed by atoms with Crippen LogP contribution in [0, 0.1) is 0 Å². The fourth-order valence-corrected chi connectivity index (χ4v) is 5.35. The first-order valence-corrected chi connectivity index (χ1v) is 11.3. The second-order valence-corrected chi connectivity index (χ2v) is 8.45. The van der Waals surface area contributed by atoms with Crippen molar-refractivity contribution in [3.8, 4) is 0 Å². The number of hydrogen-bond acceptors (Lipinski definition) is 2. The van der Waals surface area contributed by atoms with Crippen LogP contribution in [0.5, 0.6) is 0 Å². The number of carbonyl (C=O) groups is 1. The van der Waals surface area contributed by atoms with E-state index in [1.807, 2.05) is 60.7 Å². The van der Waals surface area contributed by atoms with Crippen LogP contribution in [0.3, 0.4) is 0 Å². The maximum absolute atomic E-state index is 13.5. The van der Waals surface area contributed by atoms with Crippen LogP contribution in [0.4, 0.5) is 0 Å². The molecule has 4 heteroatoms. The molecule has 0 radical (unpaired) electrons. The maximum Gasteiger partial charge on any atom is 0.260 e. The molecule has 0 saturated carbocycles. The number of nitrogens with zero attached hydrogens (tertiary/aromatic N) is 2. The van der Waals surface area contributed by atoms with Gasteiger partial charge in [0, 0.05) is 11.9 Å². The Bertz CT molecular complexity index is 1390. The molecule has 5 aromatic rings. The Labute approximate surface area is 184 Å². The standard InChI is InChI=1S/C27H22N2OS/c1-2-29-23-18-17-19-11-9-10-16-22(19)25(23)31-27(29)28-26(30)24(20-12-5-3-6-13-20)21-14-7-4-8-15-21/h3-18,24H,2H2,1H3. The van der Waals surface area contributed by atoms with Crippen molar-refractivity contribution in [1.82, 2.24) is 4.57 Å². The third kappa shape index (κ3) is 3.60. The zero-order valence-electron chi connectivity index (χ0n) is 17.2. The van der Waals surface area contributed by atoms with E-state index in [4.69, 9.17) is 0 Å². The molecule has 0 aliphatic heterocycles. The van der Waals surface area contributed by atoms with Crippen molar-refractivity contribution in [2.45, 2.75) is 19.4 Å². The molecule has 0 aliphatic rings. The minimum Gasteiger partial charge on any atom is -0.317 e. The Kier molecular flexibility index (Phi) is 5.23. The van der Waals surface area contributed by atoms with Gasteiger partial charge < -0.3 is 4.57 Å². The van der Waals surface area contributed by atoms with Crippen LogP contribution in [-0.2, 0) is 11.3 Å². The molecule has 0 fully saturated rings. The number of aryl methyl sites for hydroxylation is 1. The average Bonchev–Trinajstić information content (AvgIpc) is 3.18. The molecule has 5 rings (SSSR count). The molecule has 0 atom stereocenters. The van der Waals surface area contributed by atoms with Gasteiger partial charge in [-0.15, -0.1) is 0 Å². The van der Waals surface area contributed by atoms with E-state index in [-0.39, 0.29) is 5.91 Å². The lowest BCUT2D eigenvalue weighted by Crippen LogP contribution is -2.19. The van der Waals surface area contributed by atoms with Crippen molar-refractivity contribution in [3.05, 3.63) is 113 Å².